The van der Waals surface area contributed by atoms with Crippen molar-refractivity contribution in [2.45, 2.75) is 6.92 Å². The molecule has 0 aliphatic rings. The first-order valence-corrected chi connectivity index (χ1v) is 5.21. The minimum Gasteiger partial charge on any atom is -0.502 e. The first-order valence-electron chi connectivity index (χ1n) is 5.21. The summed E-state index contributed by atoms with van der Waals surface area (Å²) in [6, 6.07) is 11.6. The summed E-state index contributed by atoms with van der Waals surface area (Å²) in [5.74, 6) is -0.122. The van der Waals surface area contributed by atoms with Gasteiger partial charge in [0, 0.05) is 34.4 Å². The summed E-state index contributed by atoms with van der Waals surface area (Å²) in [5, 5.41) is 9.69. The lowest BCUT2D eigenvalue weighted by molar-refractivity contribution is 0.474. The number of para-hydroxylation sites is 1. The van der Waals surface area contributed by atoms with Crippen molar-refractivity contribution in [3.05, 3.63) is 52.9 Å². The Labute approximate surface area is 98.9 Å². The van der Waals surface area contributed by atoms with E-state index < -0.39 is 0 Å². The Morgan fingerprint density at radius 1 is 1.12 bits per heavy atom. The molecule has 0 fully saturated rings. The topological polar surface area (TPSA) is 66.3 Å². The molecule has 0 aromatic heterocycles. The van der Waals surface area contributed by atoms with Gasteiger partial charge in [0.05, 0.1) is 4.76 Å². The van der Waals surface area contributed by atoms with E-state index in [1.807, 2.05) is 19.1 Å². The van der Waals surface area contributed by atoms with Gasteiger partial charge in [-0.25, -0.2) is 0 Å². The van der Waals surface area contributed by atoms with Crippen LogP contribution in [0.5, 0.6) is 5.75 Å². The second kappa shape index (κ2) is 4.25. The average molecular weight is 229 g/mol. The van der Waals surface area contributed by atoms with Crippen LogP contribution in [-0.4, -0.2) is 5.11 Å². The summed E-state index contributed by atoms with van der Waals surface area (Å²) in [4.78, 5) is 12.1. The zero-order valence-electron chi connectivity index (χ0n) is 9.42. The van der Waals surface area contributed by atoms with Gasteiger partial charge in [0.15, 0.2) is 5.75 Å². The van der Waals surface area contributed by atoms with Gasteiger partial charge < -0.3 is 10.8 Å². The fraction of sp³-hybridized carbons (Fsp3) is 0.0769. The Kier molecular flexibility index (Phi) is 2.78. The van der Waals surface area contributed by atoms with Crippen molar-refractivity contribution in [2.24, 2.45) is 0 Å². The molecule has 17 heavy (non-hydrogen) atoms. The molecule has 0 bridgehead atoms. The van der Waals surface area contributed by atoms with Gasteiger partial charge in [0.25, 0.3) is 5.69 Å². The largest absolute Gasteiger partial charge is 0.502 e. The van der Waals surface area contributed by atoms with Gasteiger partial charge >= 0.3 is 5.69 Å². The molecule has 0 saturated carbocycles. The van der Waals surface area contributed by atoms with Crippen LogP contribution < -0.4 is 10.5 Å². The first kappa shape index (κ1) is 11.1. The minimum atomic E-state index is -0.122. The van der Waals surface area contributed by atoms with E-state index in [0.29, 0.717) is 16.1 Å². The van der Waals surface area contributed by atoms with Gasteiger partial charge in [-0.05, 0) is 13.0 Å². The standard InChI is InChI=1S/C13H12N2O2/c1-9-4-2-3-5-11(9)15(17)12-7-6-10(14)8-13(12)16/h2-8H,1H3,(H2-,14,16,17)/p+1. The highest BCUT2D eigenvalue weighted by atomic mass is 16.3. The third-order valence-electron chi connectivity index (χ3n) is 2.55. The zero-order valence-corrected chi connectivity index (χ0v) is 9.42. The van der Waals surface area contributed by atoms with Gasteiger partial charge in [-0.1, -0.05) is 18.2 Å². The maximum Gasteiger partial charge on any atom is 0.305 e. The highest BCUT2D eigenvalue weighted by Gasteiger charge is 2.23. The van der Waals surface area contributed by atoms with Gasteiger partial charge in [-0.15, -0.1) is 0 Å². The number of nitrogen functional groups attached to an aromatic ring is 1. The third kappa shape index (κ3) is 2.10. The number of phenols is 1. The Morgan fingerprint density at radius 3 is 2.47 bits per heavy atom. The Bertz CT molecular complexity index is 579. The van der Waals surface area contributed by atoms with E-state index in [2.05, 4.69) is 0 Å². The van der Waals surface area contributed by atoms with Crippen LogP contribution in [0.3, 0.4) is 0 Å². The molecule has 0 saturated heterocycles. The Morgan fingerprint density at radius 2 is 1.82 bits per heavy atom. The second-order valence-electron chi connectivity index (χ2n) is 3.83. The number of rotatable bonds is 2. The van der Waals surface area contributed by atoms with Gasteiger partial charge in [0.1, 0.15) is 0 Å². The van der Waals surface area contributed by atoms with Crippen molar-refractivity contribution >= 4 is 17.1 Å². The van der Waals surface area contributed by atoms with E-state index in [1.165, 1.54) is 12.1 Å². The average Bonchev–Trinajstić information content (AvgIpc) is 2.29. The van der Waals surface area contributed by atoms with Crippen LogP contribution in [0.25, 0.3) is 0 Å². The van der Waals surface area contributed by atoms with E-state index in [9.17, 15) is 10.0 Å². The molecular weight excluding hydrogens is 216 g/mol. The van der Waals surface area contributed by atoms with E-state index in [4.69, 9.17) is 5.73 Å². The molecule has 0 aliphatic heterocycles. The minimum absolute atomic E-state index is 0.122. The van der Waals surface area contributed by atoms with Gasteiger partial charge in [-0.2, -0.15) is 0 Å². The molecule has 2 aromatic carbocycles. The number of aryl methyl sites for hydroxylation is 1. The van der Waals surface area contributed by atoms with Crippen LogP contribution in [0.15, 0.2) is 42.5 Å². The summed E-state index contributed by atoms with van der Waals surface area (Å²) in [6.45, 7) is 1.84. The fourth-order valence-electron chi connectivity index (χ4n) is 1.63. The van der Waals surface area contributed by atoms with Crippen LogP contribution >= 0.6 is 0 Å². The Hall–Kier alpha value is -2.36. The van der Waals surface area contributed by atoms with Crippen molar-refractivity contribution < 1.29 is 5.11 Å². The normalized spacial score (nSPS) is 10.2. The molecule has 0 atom stereocenters. The maximum atomic E-state index is 12.1. The van der Waals surface area contributed by atoms with E-state index in [-0.39, 0.29) is 11.4 Å². The van der Waals surface area contributed by atoms with Crippen LogP contribution in [0.4, 0.5) is 17.1 Å². The molecule has 2 rings (SSSR count). The maximum absolute atomic E-state index is 12.1. The first-order chi connectivity index (χ1) is 8.09. The second-order valence-corrected chi connectivity index (χ2v) is 3.83. The molecule has 4 nitrogen and oxygen atoms in total. The molecule has 0 spiro atoms. The van der Waals surface area contributed by atoms with Crippen molar-refractivity contribution in [3.8, 4) is 5.75 Å². The van der Waals surface area contributed by atoms with Crippen molar-refractivity contribution in [2.75, 3.05) is 5.73 Å². The predicted octanol–water partition coefficient (Wildman–Crippen LogP) is 2.88. The molecule has 4 heteroatoms. The SMILES string of the molecule is Cc1ccccc1[N+](=O)c1ccc(N)cc1O. The van der Waals surface area contributed by atoms with Crippen molar-refractivity contribution in [3.63, 3.8) is 0 Å². The number of hydrogen-bond donors (Lipinski definition) is 2. The van der Waals surface area contributed by atoms with Crippen molar-refractivity contribution in [1.29, 1.82) is 0 Å². The van der Waals surface area contributed by atoms with E-state index >= 15 is 0 Å². The summed E-state index contributed by atoms with van der Waals surface area (Å²) in [6.07, 6.45) is 0. The van der Waals surface area contributed by atoms with Gasteiger partial charge in [-0.3, -0.25) is 0 Å². The molecule has 86 valence electrons. The number of hydrogen-bond acceptors (Lipinski definition) is 3. The van der Waals surface area contributed by atoms with Crippen LogP contribution in [0, 0.1) is 11.8 Å². The van der Waals surface area contributed by atoms with E-state index in [1.54, 1.807) is 18.2 Å². The quantitative estimate of drug-likeness (QED) is 0.614. The monoisotopic (exact) mass is 229 g/mol. The summed E-state index contributed by atoms with van der Waals surface area (Å²) in [5.41, 5.74) is 7.48. The number of nitroso groups, excluding NO2 is 1. The van der Waals surface area contributed by atoms with Gasteiger partial charge in [0.2, 0.25) is 0 Å². The summed E-state index contributed by atoms with van der Waals surface area (Å²) in [7, 11) is 0. The number of nitrogens with two attached hydrogens (primary N) is 1. The summed E-state index contributed by atoms with van der Waals surface area (Å²) >= 11 is 0. The molecule has 3 N–H and O–H groups in total. The number of anilines is 1. The lowest BCUT2D eigenvalue weighted by atomic mass is 10.2. The van der Waals surface area contributed by atoms with Crippen molar-refractivity contribution in [1.82, 2.24) is 4.76 Å². The zero-order chi connectivity index (χ0) is 12.4. The molecule has 0 aliphatic carbocycles. The highest BCUT2D eigenvalue weighted by molar-refractivity contribution is 5.64. The lowest BCUT2D eigenvalue weighted by Crippen LogP contribution is -2.00. The molecular formula is C13H13N2O2+. The Balaban J connectivity index is 2.48. The third-order valence-corrected chi connectivity index (χ3v) is 2.55. The molecule has 0 heterocycles. The van der Waals surface area contributed by atoms with Crippen LogP contribution in [0.2, 0.25) is 0 Å². The number of phenolic OH excluding ortho intramolecular Hbond substituents is 1. The fourth-order valence-corrected chi connectivity index (χ4v) is 1.63. The predicted molar refractivity (Wildman–Crippen MR) is 68.5 cm³/mol. The number of aromatic hydroxyl groups is 1. The number of nitrogens with zero attached hydrogens (tertiary/aromatic N) is 1. The molecule has 0 unspecified atom stereocenters. The van der Waals surface area contributed by atoms with Crippen LogP contribution in [-0.2, 0) is 0 Å². The smallest absolute Gasteiger partial charge is 0.305 e. The highest BCUT2D eigenvalue weighted by Crippen LogP contribution is 2.31. The summed E-state index contributed by atoms with van der Waals surface area (Å²) < 4.78 is 0.699. The number of benzene rings is 2. The molecule has 0 radical (unpaired) electrons. The lowest BCUT2D eigenvalue weighted by Gasteiger charge is -1.99. The molecule has 0 amide bonds. The molecule has 2 aromatic rings. The van der Waals surface area contributed by atoms with Crippen LogP contribution in [0.1, 0.15) is 5.56 Å². The van der Waals surface area contributed by atoms with E-state index in [0.717, 1.165) is 5.56 Å².